The Labute approximate surface area is 124 Å². The summed E-state index contributed by atoms with van der Waals surface area (Å²) in [6.07, 6.45) is 1.99. The van der Waals surface area contributed by atoms with Crippen molar-refractivity contribution < 1.29 is 9.53 Å². The van der Waals surface area contributed by atoms with Crippen LogP contribution in [0.2, 0.25) is 0 Å². The number of carbonyl (C=O) groups is 1. The maximum atomic E-state index is 12.3. The van der Waals surface area contributed by atoms with Crippen molar-refractivity contribution in [1.82, 2.24) is 14.9 Å². The zero-order valence-corrected chi connectivity index (χ0v) is 12.6. The fourth-order valence-corrected chi connectivity index (χ4v) is 2.91. The normalized spacial score (nSPS) is 18.9. The molecule has 0 saturated carbocycles. The number of carbonyl (C=O) groups excluding carboxylic acids is 1. The number of nitrogens with zero attached hydrogens (tertiary/aromatic N) is 2. The molecule has 0 aliphatic carbocycles. The number of imidazole rings is 1. The summed E-state index contributed by atoms with van der Waals surface area (Å²) in [5.41, 5.74) is 2.61. The Morgan fingerprint density at radius 2 is 2.38 bits per heavy atom. The Hall–Kier alpha value is -1.88. The summed E-state index contributed by atoms with van der Waals surface area (Å²) in [4.78, 5) is 16.8. The molecule has 1 amide bonds. The second-order valence-electron chi connectivity index (χ2n) is 5.49. The zero-order valence-electron chi connectivity index (χ0n) is 12.6. The predicted octanol–water partition coefficient (Wildman–Crippen LogP) is 2.27. The summed E-state index contributed by atoms with van der Waals surface area (Å²) < 4.78 is 7.54. The van der Waals surface area contributed by atoms with Gasteiger partial charge in [-0.1, -0.05) is 0 Å². The summed E-state index contributed by atoms with van der Waals surface area (Å²) in [7, 11) is 0. The summed E-state index contributed by atoms with van der Waals surface area (Å²) in [5.74, 6) is 0.932. The van der Waals surface area contributed by atoms with Gasteiger partial charge in [-0.3, -0.25) is 4.79 Å². The average Bonchev–Trinajstić information content (AvgIpc) is 2.82. The second kappa shape index (κ2) is 5.85. The van der Waals surface area contributed by atoms with Gasteiger partial charge in [0.2, 0.25) is 0 Å². The summed E-state index contributed by atoms with van der Waals surface area (Å²) in [6.45, 7) is 6.37. The largest absolute Gasteiger partial charge is 0.379 e. The van der Waals surface area contributed by atoms with E-state index in [9.17, 15) is 4.79 Å². The van der Waals surface area contributed by atoms with Crippen LogP contribution in [0.1, 0.15) is 35.9 Å². The van der Waals surface area contributed by atoms with Crippen LogP contribution < -0.4 is 5.32 Å². The minimum atomic E-state index is -0.0453. The highest BCUT2D eigenvalue weighted by molar-refractivity contribution is 5.97. The SMILES string of the molecule is CCn1c(C)nc2cc(C(=O)N[C@@H]3CCCOC3)ccc21. The highest BCUT2D eigenvalue weighted by Gasteiger charge is 2.18. The number of hydrogen-bond acceptors (Lipinski definition) is 3. The van der Waals surface area contributed by atoms with Gasteiger partial charge < -0.3 is 14.6 Å². The maximum absolute atomic E-state index is 12.3. The molecule has 112 valence electrons. The fraction of sp³-hybridized carbons (Fsp3) is 0.500. The molecule has 0 bridgehead atoms. The standard InChI is InChI=1S/C16H21N3O2/c1-3-19-11(2)17-14-9-12(6-7-15(14)19)16(20)18-13-5-4-8-21-10-13/h6-7,9,13H,3-5,8,10H2,1-2H3,(H,18,20)/t13-/m1/s1. The van der Waals surface area contributed by atoms with Gasteiger partial charge in [-0.2, -0.15) is 0 Å². The lowest BCUT2D eigenvalue weighted by Crippen LogP contribution is -2.40. The van der Waals surface area contributed by atoms with Gasteiger partial charge in [0.05, 0.1) is 23.7 Å². The fourth-order valence-electron chi connectivity index (χ4n) is 2.91. The smallest absolute Gasteiger partial charge is 0.251 e. The molecule has 1 atom stereocenters. The van der Waals surface area contributed by atoms with Gasteiger partial charge in [-0.05, 0) is 44.9 Å². The van der Waals surface area contributed by atoms with E-state index in [1.165, 1.54) is 0 Å². The van der Waals surface area contributed by atoms with Crippen LogP contribution in [0.25, 0.3) is 11.0 Å². The number of aromatic nitrogens is 2. The molecule has 0 radical (unpaired) electrons. The van der Waals surface area contributed by atoms with Crippen molar-refractivity contribution in [3.8, 4) is 0 Å². The van der Waals surface area contributed by atoms with Crippen LogP contribution in [0.15, 0.2) is 18.2 Å². The highest BCUT2D eigenvalue weighted by atomic mass is 16.5. The molecule has 1 aromatic heterocycles. The molecule has 5 nitrogen and oxygen atoms in total. The third-order valence-electron chi connectivity index (χ3n) is 4.01. The first-order valence-corrected chi connectivity index (χ1v) is 7.54. The summed E-state index contributed by atoms with van der Waals surface area (Å²) in [6, 6.07) is 5.84. The third-order valence-corrected chi connectivity index (χ3v) is 4.01. The van der Waals surface area contributed by atoms with Crippen LogP contribution in [0, 0.1) is 6.92 Å². The lowest BCUT2D eigenvalue weighted by atomic mass is 10.1. The number of benzene rings is 1. The van der Waals surface area contributed by atoms with Crippen molar-refractivity contribution in [1.29, 1.82) is 0 Å². The monoisotopic (exact) mass is 287 g/mol. The van der Waals surface area contributed by atoms with E-state index in [4.69, 9.17) is 4.74 Å². The third kappa shape index (κ3) is 2.78. The number of ether oxygens (including phenoxy) is 1. The van der Waals surface area contributed by atoms with Crippen LogP contribution in [0.3, 0.4) is 0 Å². The molecule has 1 aromatic carbocycles. The lowest BCUT2D eigenvalue weighted by Gasteiger charge is -2.23. The Morgan fingerprint density at radius 1 is 1.52 bits per heavy atom. The first-order valence-electron chi connectivity index (χ1n) is 7.54. The minimum Gasteiger partial charge on any atom is -0.379 e. The number of nitrogens with one attached hydrogen (secondary N) is 1. The molecule has 3 rings (SSSR count). The molecular weight excluding hydrogens is 266 g/mol. The molecule has 5 heteroatoms. The van der Waals surface area contributed by atoms with Crippen molar-refractivity contribution in [2.45, 2.75) is 39.3 Å². The summed E-state index contributed by atoms with van der Waals surface area (Å²) in [5, 5.41) is 3.04. The van der Waals surface area contributed by atoms with Crippen LogP contribution in [-0.2, 0) is 11.3 Å². The molecule has 2 aromatic rings. The number of amides is 1. The molecule has 0 unspecified atom stereocenters. The average molecular weight is 287 g/mol. The molecule has 1 fully saturated rings. The maximum Gasteiger partial charge on any atom is 0.251 e. The lowest BCUT2D eigenvalue weighted by molar-refractivity contribution is 0.0624. The van der Waals surface area contributed by atoms with E-state index in [0.717, 1.165) is 42.9 Å². The van der Waals surface area contributed by atoms with Crippen LogP contribution in [0.5, 0.6) is 0 Å². The van der Waals surface area contributed by atoms with Crippen molar-refractivity contribution >= 4 is 16.9 Å². The molecule has 2 heterocycles. The van der Waals surface area contributed by atoms with Gasteiger partial charge >= 0.3 is 0 Å². The number of hydrogen-bond donors (Lipinski definition) is 1. The summed E-state index contributed by atoms with van der Waals surface area (Å²) >= 11 is 0. The van der Waals surface area contributed by atoms with Crippen molar-refractivity contribution in [3.63, 3.8) is 0 Å². The molecular formula is C16H21N3O2. The number of rotatable bonds is 3. The van der Waals surface area contributed by atoms with Gasteiger partial charge in [0, 0.05) is 18.7 Å². The van der Waals surface area contributed by atoms with Gasteiger partial charge in [-0.25, -0.2) is 4.98 Å². The number of aryl methyl sites for hydroxylation is 2. The highest BCUT2D eigenvalue weighted by Crippen LogP contribution is 2.18. The first kappa shape index (κ1) is 14.1. The molecule has 1 N–H and O–H groups in total. The van der Waals surface area contributed by atoms with Gasteiger partial charge in [0.1, 0.15) is 5.82 Å². The van der Waals surface area contributed by atoms with E-state index in [2.05, 4.69) is 21.8 Å². The predicted molar refractivity (Wildman–Crippen MR) is 81.5 cm³/mol. The van der Waals surface area contributed by atoms with E-state index in [1.54, 1.807) is 0 Å². The Morgan fingerprint density at radius 3 is 3.10 bits per heavy atom. The van der Waals surface area contributed by atoms with Crippen molar-refractivity contribution in [3.05, 3.63) is 29.6 Å². The second-order valence-corrected chi connectivity index (χ2v) is 5.49. The Bertz CT molecular complexity index is 657. The number of fused-ring (bicyclic) bond motifs is 1. The van der Waals surface area contributed by atoms with E-state index in [0.29, 0.717) is 12.2 Å². The quantitative estimate of drug-likeness (QED) is 0.942. The van der Waals surface area contributed by atoms with E-state index >= 15 is 0 Å². The molecule has 1 saturated heterocycles. The zero-order chi connectivity index (χ0) is 14.8. The van der Waals surface area contributed by atoms with Crippen LogP contribution in [0.4, 0.5) is 0 Å². The van der Waals surface area contributed by atoms with E-state index in [1.807, 2.05) is 25.1 Å². The molecule has 0 spiro atoms. The van der Waals surface area contributed by atoms with E-state index < -0.39 is 0 Å². The molecule has 1 aliphatic rings. The van der Waals surface area contributed by atoms with E-state index in [-0.39, 0.29) is 11.9 Å². The van der Waals surface area contributed by atoms with Gasteiger partial charge in [0.15, 0.2) is 0 Å². The van der Waals surface area contributed by atoms with Crippen molar-refractivity contribution in [2.24, 2.45) is 0 Å². The first-order chi connectivity index (χ1) is 10.2. The molecule has 1 aliphatic heterocycles. The van der Waals surface area contributed by atoms with Crippen molar-refractivity contribution in [2.75, 3.05) is 13.2 Å². The minimum absolute atomic E-state index is 0.0453. The van der Waals surface area contributed by atoms with Gasteiger partial charge in [0.25, 0.3) is 5.91 Å². The van der Waals surface area contributed by atoms with Gasteiger partial charge in [-0.15, -0.1) is 0 Å². The molecule has 21 heavy (non-hydrogen) atoms. The van der Waals surface area contributed by atoms with Crippen LogP contribution >= 0.6 is 0 Å². The Kier molecular flexibility index (Phi) is 3.92. The Balaban J connectivity index is 1.81. The van der Waals surface area contributed by atoms with Crippen LogP contribution in [-0.4, -0.2) is 34.7 Å². The topological polar surface area (TPSA) is 56.2 Å².